The summed E-state index contributed by atoms with van der Waals surface area (Å²) in [5.74, 6) is 1.48. The van der Waals surface area contributed by atoms with Crippen molar-refractivity contribution >= 4 is 17.5 Å². The molecule has 2 aromatic carbocycles. The Kier molecular flexibility index (Phi) is 7.39. The average molecular weight is 481 g/mol. The lowest BCUT2D eigenvalue weighted by atomic mass is 9.87. The first-order valence-corrected chi connectivity index (χ1v) is 12.2. The molecule has 1 aromatic heterocycles. The van der Waals surface area contributed by atoms with Crippen molar-refractivity contribution < 1.29 is 9.32 Å². The number of aromatic nitrogens is 2. The van der Waals surface area contributed by atoms with Crippen molar-refractivity contribution in [3.63, 3.8) is 0 Å². The van der Waals surface area contributed by atoms with Crippen LogP contribution < -0.4 is 0 Å². The molecule has 0 unspecified atom stereocenters. The van der Waals surface area contributed by atoms with E-state index in [1.807, 2.05) is 48.3 Å². The van der Waals surface area contributed by atoms with Gasteiger partial charge < -0.3 is 9.42 Å². The maximum Gasteiger partial charge on any atom is 0.241 e. The number of hydrogen-bond acceptors (Lipinski definition) is 5. The topological polar surface area (TPSA) is 62.5 Å². The van der Waals surface area contributed by atoms with Crippen molar-refractivity contribution in [3.8, 4) is 11.4 Å². The fourth-order valence-electron chi connectivity index (χ4n) is 4.34. The van der Waals surface area contributed by atoms with Crippen LogP contribution in [0.1, 0.15) is 50.6 Å². The van der Waals surface area contributed by atoms with E-state index in [-0.39, 0.29) is 17.2 Å². The lowest BCUT2D eigenvalue weighted by molar-refractivity contribution is -0.136. The number of halogens is 1. The molecule has 0 atom stereocenters. The van der Waals surface area contributed by atoms with Crippen LogP contribution in [0, 0.1) is 5.92 Å². The molecule has 1 amide bonds. The van der Waals surface area contributed by atoms with Gasteiger partial charge in [-0.25, -0.2) is 0 Å². The summed E-state index contributed by atoms with van der Waals surface area (Å²) in [4.78, 5) is 21.6. The quantitative estimate of drug-likeness (QED) is 0.462. The summed E-state index contributed by atoms with van der Waals surface area (Å²) < 4.78 is 5.52. The molecule has 1 aliphatic rings. The second-order valence-corrected chi connectivity index (χ2v) is 10.6. The Morgan fingerprint density at radius 2 is 1.74 bits per heavy atom. The second-order valence-electron chi connectivity index (χ2n) is 10.2. The molecular formula is C27H33ClN4O2. The van der Waals surface area contributed by atoms with Crippen molar-refractivity contribution in [2.75, 3.05) is 20.1 Å². The van der Waals surface area contributed by atoms with Crippen LogP contribution in [0.3, 0.4) is 0 Å². The number of hydrogen-bond donors (Lipinski definition) is 0. The van der Waals surface area contributed by atoms with Crippen molar-refractivity contribution in [3.05, 3.63) is 70.6 Å². The molecule has 4 rings (SSSR count). The molecule has 7 heteroatoms. The van der Waals surface area contributed by atoms with Gasteiger partial charge in [0.15, 0.2) is 0 Å². The van der Waals surface area contributed by atoms with Crippen LogP contribution >= 0.6 is 11.6 Å². The van der Waals surface area contributed by atoms with Gasteiger partial charge in [0.25, 0.3) is 0 Å². The van der Waals surface area contributed by atoms with Crippen LogP contribution in [0.5, 0.6) is 0 Å². The van der Waals surface area contributed by atoms with Crippen molar-refractivity contribution in [2.45, 2.75) is 52.1 Å². The minimum atomic E-state index is 0.0492. The Labute approximate surface area is 206 Å². The number of carbonyl (C=O) groups is 1. The highest BCUT2D eigenvalue weighted by Crippen LogP contribution is 2.26. The lowest BCUT2D eigenvalue weighted by Gasteiger charge is -2.32. The third kappa shape index (κ3) is 6.05. The molecule has 1 fully saturated rings. The first kappa shape index (κ1) is 24.4. The van der Waals surface area contributed by atoms with E-state index in [2.05, 4.69) is 47.9 Å². The standard InChI is InChI=1S/C27H33ClN4O2/c1-27(2,3)22-9-7-20(8-10-22)25-29-24(34-30-25)18-32-15-13-21(14-16-32)26(33)31(4)17-19-5-11-23(28)12-6-19/h5-12,21H,13-18H2,1-4H3. The summed E-state index contributed by atoms with van der Waals surface area (Å²) >= 11 is 5.96. The SMILES string of the molecule is CN(Cc1ccc(Cl)cc1)C(=O)C1CCN(Cc2nc(-c3ccc(C(C)(C)C)cc3)no2)CC1. The van der Waals surface area contributed by atoms with E-state index in [1.165, 1.54) is 5.56 Å². The summed E-state index contributed by atoms with van der Waals surface area (Å²) in [5.41, 5.74) is 3.42. The summed E-state index contributed by atoms with van der Waals surface area (Å²) in [7, 11) is 1.87. The highest BCUT2D eigenvalue weighted by atomic mass is 35.5. The van der Waals surface area contributed by atoms with Gasteiger partial charge in [0, 0.05) is 30.1 Å². The van der Waals surface area contributed by atoms with Crippen LogP contribution in [0.25, 0.3) is 11.4 Å². The molecule has 0 saturated carbocycles. The molecule has 1 saturated heterocycles. The van der Waals surface area contributed by atoms with E-state index in [1.54, 1.807) is 0 Å². The molecule has 0 radical (unpaired) electrons. The van der Waals surface area contributed by atoms with Crippen LogP contribution in [0.4, 0.5) is 0 Å². The van der Waals surface area contributed by atoms with Gasteiger partial charge in [0.2, 0.25) is 17.6 Å². The number of rotatable bonds is 6. The van der Waals surface area contributed by atoms with Gasteiger partial charge >= 0.3 is 0 Å². The predicted octanol–water partition coefficient (Wildman–Crippen LogP) is 5.56. The summed E-state index contributed by atoms with van der Waals surface area (Å²) in [5, 5.41) is 4.88. The molecule has 180 valence electrons. The van der Waals surface area contributed by atoms with E-state index >= 15 is 0 Å². The van der Waals surface area contributed by atoms with Crippen LogP contribution in [0.15, 0.2) is 53.1 Å². The van der Waals surface area contributed by atoms with Crippen LogP contribution in [0.2, 0.25) is 5.02 Å². The maximum atomic E-state index is 12.9. The molecule has 0 aliphatic carbocycles. The second kappa shape index (κ2) is 10.3. The lowest BCUT2D eigenvalue weighted by Crippen LogP contribution is -2.40. The first-order valence-electron chi connectivity index (χ1n) is 11.8. The zero-order valence-electron chi connectivity index (χ0n) is 20.4. The van der Waals surface area contributed by atoms with E-state index in [9.17, 15) is 4.79 Å². The average Bonchev–Trinajstić information content (AvgIpc) is 3.28. The number of likely N-dealkylation sites (tertiary alicyclic amines) is 1. The Balaban J connectivity index is 1.27. The Hall–Kier alpha value is -2.70. The van der Waals surface area contributed by atoms with Gasteiger partial charge in [0.05, 0.1) is 6.54 Å². The van der Waals surface area contributed by atoms with Gasteiger partial charge in [-0.15, -0.1) is 0 Å². The van der Waals surface area contributed by atoms with Crippen LogP contribution in [-0.2, 0) is 23.3 Å². The molecule has 0 N–H and O–H groups in total. The van der Waals surface area contributed by atoms with E-state index in [4.69, 9.17) is 16.1 Å². The van der Waals surface area contributed by atoms with Gasteiger partial charge in [-0.2, -0.15) is 4.98 Å². The molecule has 3 aromatic rings. The normalized spacial score (nSPS) is 15.4. The fraction of sp³-hybridized carbons (Fsp3) is 0.444. The first-order chi connectivity index (χ1) is 16.2. The summed E-state index contributed by atoms with van der Waals surface area (Å²) in [6.45, 7) is 9.47. The minimum absolute atomic E-state index is 0.0492. The molecule has 1 aliphatic heterocycles. The molecule has 0 bridgehead atoms. The molecule has 2 heterocycles. The predicted molar refractivity (Wildman–Crippen MR) is 134 cm³/mol. The van der Waals surface area contributed by atoms with Crippen molar-refractivity contribution in [1.82, 2.24) is 19.9 Å². The number of piperidine rings is 1. The monoisotopic (exact) mass is 480 g/mol. The van der Waals surface area contributed by atoms with E-state index in [0.717, 1.165) is 37.1 Å². The third-order valence-electron chi connectivity index (χ3n) is 6.48. The highest BCUT2D eigenvalue weighted by molar-refractivity contribution is 6.30. The Morgan fingerprint density at radius 3 is 2.35 bits per heavy atom. The zero-order chi connectivity index (χ0) is 24.3. The highest BCUT2D eigenvalue weighted by Gasteiger charge is 2.28. The summed E-state index contributed by atoms with van der Waals surface area (Å²) in [6.07, 6.45) is 1.66. The summed E-state index contributed by atoms with van der Waals surface area (Å²) in [6, 6.07) is 16.0. The maximum absolute atomic E-state index is 12.9. The van der Waals surface area contributed by atoms with Gasteiger partial charge in [0.1, 0.15) is 0 Å². The number of benzene rings is 2. The van der Waals surface area contributed by atoms with E-state index in [0.29, 0.717) is 29.8 Å². The number of carbonyl (C=O) groups excluding carboxylic acids is 1. The van der Waals surface area contributed by atoms with Gasteiger partial charge in [-0.3, -0.25) is 9.69 Å². The third-order valence-corrected chi connectivity index (χ3v) is 6.73. The van der Waals surface area contributed by atoms with E-state index < -0.39 is 0 Å². The van der Waals surface area contributed by atoms with Crippen LogP contribution in [-0.4, -0.2) is 46.0 Å². The molecule has 6 nitrogen and oxygen atoms in total. The molecule has 34 heavy (non-hydrogen) atoms. The van der Waals surface area contributed by atoms with Crippen molar-refractivity contribution in [1.29, 1.82) is 0 Å². The van der Waals surface area contributed by atoms with Crippen molar-refractivity contribution in [2.24, 2.45) is 5.92 Å². The molecule has 0 spiro atoms. The number of amides is 1. The smallest absolute Gasteiger partial charge is 0.241 e. The molecular weight excluding hydrogens is 448 g/mol. The Morgan fingerprint density at radius 1 is 1.09 bits per heavy atom. The Bertz CT molecular complexity index is 1090. The largest absolute Gasteiger partial charge is 0.341 e. The fourth-order valence-corrected chi connectivity index (χ4v) is 4.46. The minimum Gasteiger partial charge on any atom is -0.341 e. The van der Waals surface area contributed by atoms with Gasteiger partial charge in [-0.05, 0) is 54.6 Å². The zero-order valence-corrected chi connectivity index (χ0v) is 21.2. The number of nitrogens with zero attached hydrogens (tertiary/aromatic N) is 4. The van der Waals surface area contributed by atoms with Gasteiger partial charge in [-0.1, -0.05) is 73.9 Å².